The average Bonchev–Trinajstić information content (AvgIpc) is 3.38. The molecule has 0 radical (unpaired) electrons. The van der Waals surface area contributed by atoms with E-state index in [2.05, 4.69) is 44.6 Å². The van der Waals surface area contributed by atoms with Gasteiger partial charge in [0, 0.05) is 30.7 Å². The summed E-state index contributed by atoms with van der Waals surface area (Å²) in [5.74, 6) is -0.504. The van der Waals surface area contributed by atoms with Crippen LogP contribution in [0.2, 0.25) is 0 Å². The van der Waals surface area contributed by atoms with Crippen molar-refractivity contribution in [2.75, 3.05) is 26.7 Å². The minimum atomic E-state index is -0.789. The normalized spacial score (nSPS) is 14.6. The first kappa shape index (κ1) is 35.6. The fourth-order valence-electron chi connectivity index (χ4n) is 5.71. The number of fused-ring (bicyclic) bond motifs is 1. The topological polar surface area (TPSA) is 114 Å². The zero-order valence-corrected chi connectivity index (χ0v) is 27.5. The fourth-order valence-corrected chi connectivity index (χ4v) is 5.71. The number of nitrogens with one attached hydrogen (secondary N) is 1. The predicted octanol–water partition coefficient (Wildman–Crippen LogP) is 6.86. The highest BCUT2D eigenvalue weighted by molar-refractivity contribution is 5.96. The van der Waals surface area contributed by atoms with E-state index < -0.39 is 11.6 Å². The van der Waals surface area contributed by atoms with Crippen LogP contribution in [0.4, 0.5) is 14.6 Å². The van der Waals surface area contributed by atoms with Crippen LogP contribution < -0.4 is 11.1 Å². The first-order chi connectivity index (χ1) is 21.6. The maximum Gasteiger partial charge on any atom is 0.255 e. The third kappa shape index (κ3) is 8.88. The van der Waals surface area contributed by atoms with Crippen molar-refractivity contribution in [1.29, 1.82) is 0 Å². The van der Waals surface area contributed by atoms with Crippen molar-refractivity contribution in [2.45, 2.75) is 85.2 Å². The summed E-state index contributed by atoms with van der Waals surface area (Å²) in [7, 11) is 1.50. The van der Waals surface area contributed by atoms with E-state index in [4.69, 9.17) is 0 Å². The van der Waals surface area contributed by atoms with Crippen LogP contribution in [0.1, 0.15) is 92.8 Å². The summed E-state index contributed by atoms with van der Waals surface area (Å²) in [4.78, 5) is 31.8. The van der Waals surface area contributed by atoms with Crippen LogP contribution in [-0.2, 0) is 0 Å². The molecule has 244 valence electrons. The van der Waals surface area contributed by atoms with Gasteiger partial charge in [-0.1, -0.05) is 26.2 Å². The Morgan fingerprint density at radius 2 is 1.87 bits per heavy atom. The Morgan fingerprint density at radius 1 is 1.16 bits per heavy atom. The number of aliphatic imine (C=N–C) groups is 2. The van der Waals surface area contributed by atoms with Crippen molar-refractivity contribution in [2.24, 2.45) is 15.7 Å². The summed E-state index contributed by atoms with van der Waals surface area (Å²) >= 11 is 0. The van der Waals surface area contributed by atoms with Crippen LogP contribution in [0.25, 0.3) is 16.7 Å². The van der Waals surface area contributed by atoms with E-state index in [0.717, 1.165) is 25.6 Å². The van der Waals surface area contributed by atoms with Crippen molar-refractivity contribution in [3.05, 3.63) is 58.6 Å². The first-order valence-corrected chi connectivity index (χ1v) is 15.8. The number of likely N-dealkylation sites (tertiary alicyclic amines) is 1. The third-order valence-electron chi connectivity index (χ3n) is 7.96. The van der Waals surface area contributed by atoms with Gasteiger partial charge >= 0.3 is 0 Å². The van der Waals surface area contributed by atoms with E-state index in [0.29, 0.717) is 41.7 Å². The number of nitrogens with two attached hydrogens (primary N) is 1. The molecule has 0 spiro atoms. The molecule has 0 bridgehead atoms. The van der Waals surface area contributed by atoms with Gasteiger partial charge in [-0.05, 0) is 91.5 Å². The minimum Gasteiger partial charge on any atom is -0.338 e. The SMILES string of the molecule is C=N/C(=C(/F)C=Nc1ccc(C(=O)N2CCC(NCCCCCC)CC2)c(C)n1)c1cc(F)c2nc(C)n(C(C)C)c2c1.CN. The van der Waals surface area contributed by atoms with Crippen LogP contribution >= 0.6 is 0 Å². The largest absolute Gasteiger partial charge is 0.338 e. The quantitative estimate of drug-likeness (QED) is 0.169. The van der Waals surface area contributed by atoms with E-state index in [1.165, 1.54) is 38.8 Å². The molecule has 9 nitrogen and oxygen atoms in total. The van der Waals surface area contributed by atoms with Crippen molar-refractivity contribution < 1.29 is 13.6 Å². The summed E-state index contributed by atoms with van der Waals surface area (Å²) in [6.07, 6.45) is 7.79. The molecule has 1 aliphatic heterocycles. The Bertz CT molecular complexity index is 1520. The second-order valence-electron chi connectivity index (χ2n) is 11.4. The molecule has 0 unspecified atom stereocenters. The van der Waals surface area contributed by atoms with Crippen molar-refractivity contribution in [1.82, 2.24) is 24.8 Å². The Hall–Kier alpha value is -3.83. The number of hydrogen-bond acceptors (Lipinski definition) is 7. The highest BCUT2D eigenvalue weighted by atomic mass is 19.1. The number of allylic oxidation sites excluding steroid dienone is 1. The maximum atomic E-state index is 15.3. The number of pyridine rings is 1. The van der Waals surface area contributed by atoms with Gasteiger partial charge in [0.2, 0.25) is 0 Å². The van der Waals surface area contributed by atoms with Crippen LogP contribution in [0.5, 0.6) is 0 Å². The summed E-state index contributed by atoms with van der Waals surface area (Å²) in [5, 5.41) is 3.63. The van der Waals surface area contributed by atoms with Gasteiger partial charge in [0.1, 0.15) is 17.0 Å². The number of rotatable bonds is 12. The van der Waals surface area contributed by atoms with Crippen molar-refractivity contribution in [3.8, 4) is 0 Å². The highest BCUT2D eigenvalue weighted by Gasteiger charge is 2.25. The van der Waals surface area contributed by atoms with Crippen LogP contribution in [0.3, 0.4) is 0 Å². The van der Waals surface area contributed by atoms with Gasteiger partial charge < -0.3 is 20.5 Å². The monoisotopic (exact) mass is 622 g/mol. The molecule has 1 fully saturated rings. The zero-order valence-electron chi connectivity index (χ0n) is 27.5. The molecule has 1 saturated heterocycles. The van der Waals surface area contributed by atoms with E-state index >= 15 is 4.39 Å². The van der Waals surface area contributed by atoms with Crippen LogP contribution in [0, 0.1) is 19.7 Å². The molecule has 1 amide bonds. The lowest BCUT2D eigenvalue weighted by Gasteiger charge is -2.32. The molecule has 3 aromatic rings. The number of aromatic nitrogens is 3. The Labute approximate surface area is 265 Å². The number of carbonyl (C=O) groups is 1. The van der Waals surface area contributed by atoms with Gasteiger partial charge in [0.05, 0.1) is 23.0 Å². The molecule has 2 aromatic heterocycles. The maximum absolute atomic E-state index is 15.3. The van der Waals surface area contributed by atoms with E-state index in [1.54, 1.807) is 32.0 Å². The number of aryl methyl sites for hydroxylation is 2. The number of piperidine rings is 1. The molecule has 3 heterocycles. The Kier molecular flexibility index (Phi) is 13.5. The summed E-state index contributed by atoms with van der Waals surface area (Å²) < 4.78 is 32.1. The molecule has 4 rings (SSSR count). The number of hydrogen-bond donors (Lipinski definition) is 2. The molecular weight excluding hydrogens is 574 g/mol. The molecular formula is C34H48F2N8O. The molecule has 0 aliphatic carbocycles. The molecule has 45 heavy (non-hydrogen) atoms. The smallest absolute Gasteiger partial charge is 0.255 e. The first-order valence-electron chi connectivity index (χ1n) is 15.8. The lowest BCUT2D eigenvalue weighted by atomic mass is 10.0. The zero-order chi connectivity index (χ0) is 33.1. The highest BCUT2D eigenvalue weighted by Crippen LogP contribution is 2.29. The lowest BCUT2D eigenvalue weighted by molar-refractivity contribution is 0.0704. The van der Waals surface area contributed by atoms with Gasteiger partial charge in [-0.25, -0.2) is 23.7 Å². The minimum absolute atomic E-state index is 0.0355. The number of nitrogens with zero attached hydrogens (tertiary/aromatic N) is 6. The van der Waals surface area contributed by atoms with Crippen LogP contribution in [-0.4, -0.2) is 71.0 Å². The Morgan fingerprint density at radius 3 is 2.49 bits per heavy atom. The fraction of sp³-hybridized carbons (Fsp3) is 0.500. The standard InChI is InChI=1S/C33H43F2N7O.CH5N/c1-7-8-9-10-15-37-25-13-16-41(17-14-25)33(43)26-11-12-30(39-22(26)4)38-20-28(35)31(36-6)24-18-27(34)32-29(19-24)42(21(2)3)23(5)40-32;1-2/h11-12,18-21,25,37H,6-10,13-17H2,1-5H3;2H2,1H3/b31-28+,38-20?;. The van der Waals surface area contributed by atoms with Gasteiger partial charge in [-0.3, -0.25) is 9.79 Å². The van der Waals surface area contributed by atoms with E-state index in [-0.39, 0.29) is 34.5 Å². The molecule has 0 atom stereocenters. The van der Waals surface area contributed by atoms with E-state index in [9.17, 15) is 9.18 Å². The summed E-state index contributed by atoms with van der Waals surface area (Å²) in [6, 6.07) is 6.61. The van der Waals surface area contributed by atoms with Crippen molar-refractivity contribution >= 4 is 41.4 Å². The number of halogens is 2. The Balaban J connectivity index is 0.00000271. The van der Waals surface area contributed by atoms with Crippen molar-refractivity contribution in [3.63, 3.8) is 0 Å². The molecule has 3 N–H and O–H groups in total. The molecule has 1 aliphatic rings. The van der Waals surface area contributed by atoms with Gasteiger partial charge in [0.15, 0.2) is 17.5 Å². The van der Waals surface area contributed by atoms with E-state index in [1.807, 2.05) is 23.3 Å². The molecule has 11 heteroatoms. The van der Waals surface area contributed by atoms with Gasteiger partial charge in [-0.2, -0.15) is 0 Å². The second-order valence-corrected chi connectivity index (χ2v) is 11.4. The van der Waals surface area contributed by atoms with Gasteiger partial charge in [0.25, 0.3) is 5.91 Å². The lowest BCUT2D eigenvalue weighted by Crippen LogP contribution is -2.45. The average molecular weight is 623 g/mol. The summed E-state index contributed by atoms with van der Waals surface area (Å²) in [5.41, 5.74) is 6.39. The third-order valence-corrected chi connectivity index (χ3v) is 7.96. The summed E-state index contributed by atoms with van der Waals surface area (Å²) in [6.45, 7) is 15.6. The predicted molar refractivity (Wildman–Crippen MR) is 181 cm³/mol. The molecule has 0 saturated carbocycles. The van der Waals surface area contributed by atoms with Gasteiger partial charge in [-0.15, -0.1) is 0 Å². The second kappa shape index (κ2) is 17.0. The number of amides is 1. The number of imidazole rings is 1. The van der Waals surface area contributed by atoms with Crippen LogP contribution in [0.15, 0.2) is 40.1 Å². The number of carbonyl (C=O) groups excluding carboxylic acids is 1. The molecule has 1 aromatic carbocycles. The number of benzene rings is 1. The number of unbranched alkanes of at least 4 members (excludes halogenated alkanes) is 3.